The molecule has 1 aromatic heterocycles. The molecule has 1 fully saturated rings. The first kappa shape index (κ1) is 21.2. The Morgan fingerprint density at radius 3 is 2.73 bits per heavy atom. The van der Waals surface area contributed by atoms with E-state index in [9.17, 15) is 9.50 Å². The number of aromatic nitrogens is 2. The molecule has 0 spiro atoms. The van der Waals surface area contributed by atoms with Crippen molar-refractivity contribution in [1.29, 1.82) is 0 Å². The first-order valence-corrected chi connectivity index (χ1v) is 10.8. The van der Waals surface area contributed by atoms with Gasteiger partial charge in [0.1, 0.15) is 18.2 Å². The second-order valence-corrected chi connectivity index (χ2v) is 8.18. The molecule has 33 heavy (non-hydrogen) atoms. The summed E-state index contributed by atoms with van der Waals surface area (Å²) < 4.78 is 20.9. The summed E-state index contributed by atoms with van der Waals surface area (Å²) in [5, 5.41) is 18.9. The number of nitrogens with zero attached hydrogens (tertiary/aromatic N) is 4. The van der Waals surface area contributed by atoms with E-state index in [2.05, 4.69) is 16.3 Å². The van der Waals surface area contributed by atoms with E-state index in [1.165, 1.54) is 12.1 Å². The van der Waals surface area contributed by atoms with E-state index in [0.717, 1.165) is 41.0 Å². The van der Waals surface area contributed by atoms with Crippen LogP contribution in [-0.4, -0.2) is 45.9 Å². The normalized spacial score (nSPS) is 21.0. The first-order valence-electron chi connectivity index (χ1n) is 10.8. The van der Waals surface area contributed by atoms with E-state index >= 15 is 0 Å². The average molecular weight is 448 g/mol. The number of hydrogen-bond donors (Lipinski definition) is 1. The number of benzene rings is 2. The Kier molecular flexibility index (Phi) is 5.38. The number of aryl methyl sites for hydroxylation is 1. The lowest BCUT2D eigenvalue weighted by molar-refractivity contribution is -0.137. The topological polar surface area (TPSA) is 72.1 Å². The quantitative estimate of drug-likeness (QED) is 0.641. The number of rotatable bonds is 5. The van der Waals surface area contributed by atoms with Gasteiger partial charge in [-0.2, -0.15) is 5.10 Å². The van der Waals surface area contributed by atoms with Gasteiger partial charge in [0.2, 0.25) is 0 Å². The fraction of sp³-hybridized carbons (Fsp3) is 0.280. The molecule has 0 bridgehead atoms. The van der Waals surface area contributed by atoms with Crippen molar-refractivity contribution >= 4 is 11.9 Å². The summed E-state index contributed by atoms with van der Waals surface area (Å²) in [4.78, 5) is 7.79. The molecular weight excluding hydrogens is 423 g/mol. The van der Waals surface area contributed by atoms with Gasteiger partial charge in [0.05, 0.1) is 12.8 Å². The Bertz CT molecular complexity index is 1230. The Balaban J connectivity index is 1.48. The standard InChI is InChI=1S/C25H25FN4O3/c1-29-22(11-12-27-29)21-10-5-17(15-23(21)32-2)14-18-4-3-13-30-24(18)28-33-25(30,16-31)19-6-8-20(26)9-7-19/h5-12,14-15,31H,3-4,13,16H2,1-2H3/b18-14+. The second-order valence-electron chi connectivity index (χ2n) is 8.18. The molecule has 0 aliphatic carbocycles. The molecule has 0 amide bonds. The third kappa shape index (κ3) is 3.56. The maximum atomic E-state index is 13.5. The van der Waals surface area contributed by atoms with Crippen LogP contribution in [0.15, 0.2) is 65.5 Å². The van der Waals surface area contributed by atoms with E-state index in [1.807, 2.05) is 40.9 Å². The number of ether oxygens (including phenoxy) is 1. The lowest BCUT2D eigenvalue weighted by Crippen LogP contribution is -2.51. The molecule has 2 aliphatic rings. The summed E-state index contributed by atoms with van der Waals surface area (Å²) in [6.45, 7) is 0.378. The molecule has 0 saturated carbocycles. The third-order valence-electron chi connectivity index (χ3n) is 6.26. The smallest absolute Gasteiger partial charge is 0.260 e. The number of hydrogen-bond acceptors (Lipinski definition) is 6. The van der Waals surface area contributed by atoms with Crippen molar-refractivity contribution in [2.45, 2.75) is 18.6 Å². The van der Waals surface area contributed by atoms with Crippen LogP contribution in [0.5, 0.6) is 5.75 Å². The molecule has 2 aliphatic heterocycles. The van der Waals surface area contributed by atoms with Gasteiger partial charge in [0.15, 0.2) is 5.84 Å². The molecule has 7 nitrogen and oxygen atoms in total. The Labute approximate surface area is 191 Å². The van der Waals surface area contributed by atoms with Crippen molar-refractivity contribution in [3.8, 4) is 17.0 Å². The number of piperidine rings is 1. The number of halogens is 1. The number of oxime groups is 1. The molecule has 1 atom stereocenters. The molecule has 1 saturated heterocycles. The van der Waals surface area contributed by atoms with Crippen molar-refractivity contribution in [3.63, 3.8) is 0 Å². The molecule has 1 unspecified atom stereocenters. The molecule has 2 aromatic carbocycles. The van der Waals surface area contributed by atoms with Crippen LogP contribution in [0.25, 0.3) is 17.3 Å². The van der Waals surface area contributed by atoms with Crippen LogP contribution in [0.1, 0.15) is 24.0 Å². The number of aliphatic hydroxyl groups is 1. The lowest BCUT2D eigenvalue weighted by atomic mass is 9.94. The summed E-state index contributed by atoms with van der Waals surface area (Å²) in [5.41, 5.74) is 3.42. The van der Waals surface area contributed by atoms with Gasteiger partial charge in [-0.15, -0.1) is 0 Å². The minimum atomic E-state index is -1.15. The predicted octanol–water partition coefficient (Wildman–Crippen LogP) is 3.90. The van der Waals surface area contributed by atoms with Gasteiger partial charge in [-0.25, -0.2) is 4.39 Å². The average Bonchev–Trinajstić information content (AvgIpc) is 3.44. The highest BCUT2D eigenvalue weighted by Gasteiger charge is 2.49. The van der Waals surface area contributed by atoms with Crippen LogP contribution in [0.4, 0.5) is 4.39 Å². The van der Waals surface area contributed by atoms with Crippen molar-refractivity contribution in [2.24, 2.45) is 12.2 Å². The van der Waals surface area contributed by atoms with E-state index in [-0.39, 0.29) is 12.4 Å². The van der Waals surface area contributed by atoms with E-state index in [1.54, 1.807) is 25.4 Å². The van der Waals surface area contributed by atoms with Crippen molar-refractivity contribution in [2.75, 3.05) is 20.3 Å². The van der Waals surface area contributed by atoms with Gasteiger partial charge in [-0.3, -0.25) is 4.68 Å². The van der Waals surface area contributed by atoms with Crippen molar-refractivity contribution in [1.82, 2.24) is 14.7 Å². The SMILES string of the molecule is COc1cc(/C=C2\CCCN3C2=NOC3(CO)c2ccc(F)cc2)ccc1-c1ccnn1C. The van der Waals surface area contributed by atoms with Gasteiger partial charge in [0, 0.05) is 30.9 Å². The van der Waals surface area contributed by atoms with Crippen molar-refractivity contribution < 1.29 is 19.1 Å². The lowest BCUT2D eigenvalue weighted by Gasteiger charge is -2.38. The summed E-state index contributed by atoms with van der Waals surface area (Å²) in [6.07, 6.45) is 5.53. The maximum absolute atomic E-state index is 13.5. The molecule has 3 heterocycles. The zero-order valence-electron chi connectivity index (χ0n) is 18.5. The summed E-state index contributed by atoms with van der Waals surface area (Å²) >= 11 is 0. The molecule has 1 N–H and O–H groups in total. The third-order valence-corrected chi connectivity index (χ3v) is 6.26. The highest BCUT2D eigenvalue weighted by molar-refractivity contribution is 6.03. The zero-order chi connectivity index (χ0) is 23.0. The van der Waals surface area contributed by atoms with Gasteiger partial charge in [-0.1, -0.05) is 11.2 Å². The molecule has 5 rings (SSSR count). The molecule has 170 valence electrons. The second kappa shape index (κ2) is 8.37. The fourth-order valence-corrected chi connectivity index (χ4v) is 4.56. The first-order chi connectivity index (χ1) is 16.1. The van der Waals surface area contributed by atoms with Crippen LogP contribution < -0.4 is 4.74 Å². The van der Waals surface area contributed by atoms with Crippen LogP contribution in [0.3, 0.4) is 0 Å². The van der Waals surface area contributed by atoms with Gasteiger partial charge in [-0.05, 0) is 72.5 Å². The summed E-state index contributed by atoms with van der Waals surface area (Å²) in [6, 6.07) is 14.0. The summed E-state index contributed by atoms with van der Waals surface area (Å²) in [5.74, 6) is 1.10. The Morgan fingerprint density at radius 1 is 1.21 bits per heavy atom. The van der Waals surface area contributed by atoms with Gasteiger partial charge in [0.25, 0.3) is 5.72 Å². The van der Waals surface area contributed by atoms with Gasteiger partial charge >= 0.3 is 0 Å². The molecule has 8 heteroatoms. The van der Waals surface area contributed by atoms with Crippen LogP contribution in [0, 0.1) is 5.82 Å². The molecule has 3 aromatic rings. The predicted molar refractivity (Wildman–Crippen MR) is 123 cm³/mol. The van der Waals surface area contributed by atoms with E-state index < -0.39 is 5.72 Å². The van der Waals surface area contributed by atoms with Crippen LogP contribution in [0.2, 0.25) is 0 Å². The largest absolute Gasteiger partial charge is 0.496 e. The zero-order valence-corrected chi connectivity index (χ0v) is 18.5. The number of fused-ring (bicyclic) bond motifs is 1. The monoisotopic (exact) mass is 448 g/mol. The number of amidine groups is 1. The fourth-order valence-electron chi connectivity index (χ4n) is 4.56. The van der Waals surface area contributed by atoms with Crippen LogP contribution >= 0.6 is 0 Å². The van der Waals surface area contributed by atoms with E-state index in [4.69, 9.17) is 9.57 Å². The minimum Gasteiger partial charge on any atom is -0.496 e. The van der Waals surface area contributed by atoms with Crippen LogP contribution in [-0.2, 0) is 17.6 Å². The molecular formula is C25H25FN4O3. The number of aliphatic hydroxyl groups excluding tert-OH is 1. The van der Waals surface area contributed by atoms with Crippen molar-refractivity contribution in [3.05, 3.63) is 77.2 Å². The number of methoxy groups -OCH3 is 1. The summed E-state index contributed by atoms with van der Waals surface area (Å²) in [7, 11) is 3.55. The Morgan fingerprint density at radius 2 is 2.03 bits per heavy atom. The maximum Gasteiger partial charge on any atom is 0.260 e. The van der Waals surface area contributed by atoms with E-state index in [0.29, 0.717) is 17.9 Å². The highest BCUT2D eigenvalue weighted by Crippen LogP contribution is 2.40. The minimum absolute atomic E-state index is 0.299. The molecule has 0 radical (unpaired) electrons. The van der Waals surface area contributed by atoms with Gasteiger partial charge < -0.3 is 19.6 Å². The Hall–Kier alpha value is -3.65. The highest BCUT2D eigenvalue weighted by atomic mass is 19.1.